The van der Waals surface area contributed by atoms with Gasteiger partial charge in [-0.05, 0) is 44.4 Å². The van der Waals surface area contributed by atoms with Crippen LogP contribution in [0.3, 0.4) is 0 Å². The molecule has 2 atom stereocenters. The fourth-order valence-corrected chi connectivity index (χ4v) is 3.52. The van der Waals surface area contributed by atoms with Gasteiger partial charge in [-0.3, -0.25) is 4.79 Å². The van der Waals surface area contributed by atoms with Gasteiger partial charge in [0.15, 0.2) is 5.78 Å². The van der Waals surface area contributed by atoms with E-state index in [1.54, 1.807) is 0 Å². The maximum atomic E-state index is 12.2. The Labute approximate surface area is 103 Å². The summed E-state index contributed by atoms with van der Waals surface area (Å²) in [6.45, 7) is 0.702. The topological polar surface area (TPSA) is 46.5 Å². The van der Waals surface area contributed by atoms with E-state index in [-0.39, 0.29) is 23.2 Å². The van der Waals surface area contributed by atoms with Crippen LogP contribution in [0, 0.1) is 11.8 Å². The molecule has 3 aliphatic rings. The molecule has 1 heterocycles. The average Bonchev–Trinajstić information content (AvgIpc) is 3.11. The minimum absolute atomic E-state index is 0.0121. The van der Waals surface area contributed by atoms with Crippen LogP contribution in [0.15, 0.2) is 0 Å². The molecule has 96 valence electrons. The summed E-state index contributed by atoms with van der Waals surface area (Å²) in [6.07, 6.45) is 7.71. The number of carbonyl (C=O) groups excluding carboxylic acids is 1. The van der Waals surface area contributed by atoms with Gasteiger partial charge in [-0.15, -0.1) is 0 Å². The number of aliphatic hydroxyl groups is 1. The number of ether oxygens (including phenoxy) is 1. The van der Waals surface area contributed by atoms with Crippen molar-refractivity contribution in [3.8, 4) is 0 Å². The predicted octanol–water partition coefficient (Wildman–Crippen LogP) is 2.07. The summed E-state index contributed by atoms with van der Waals surface area (Å²) in [5, 5.41) is 9.95. The van der Waals surface area contributed by atoms with Crippen LogP contribution >= 0.6 is 0 Å². The smallest absolute Gasteiger partial charge is 0.164 e. The van der Waals surface area contributed by atoms with Crippen LogP contribution in [0.4, 0.5) is 0 Å². The van der Waals surface area contributed by atoms with E-state index in [1.165, 1.54) is 12.8 Å². The summed E-state index contributed by atoms with van der Waals surface area (Å²) in [7, 11) is 0. The van der Waals surface area contributed by atoms with Crippen LogP contribution in [0.2, 0.25) is 0 Å². The molecule has 0 radical (unpaired) electrons. The zero-order valence-corrected chi connectivity index (χ0v) is 10.4. The molecule has 0 aromatic rings. The number of hydrogen-bond acceptors (Lipinski definition) is 3. The highest BCUT2D eigenvalue weighted by Gasteiger charge is 2.45. The maximum Gasteiger partial charge on any atom is 0.164 e. The molecule has 0 aromatic heterocycles. The molecule has 1 aliphatic heterocycles. The molecular formula is C14H22O3. The first-order valence-electron chi connectivity index (χ1n) is 7.06. The highest BCUT2D eigenvalue weighted by molar-refractivity contribution is 5.86. The molecule has 3 heteroatoms. The normalized spacial score (nSPS) is 33.8. The number of hydrogen-bond donors (Lipinski definition) is 1. The standard InChI is InChI=1S/C14H22O3/c15-12(10-3-4-10)13(16)11-5-8-17-14(9-11)6-1-2-7-14/h10-12,15H,1-9H2. The molecule has 3 nitrogen and oxygen atoms in total. The second-order valence-corrected chi connectivity index (χ2v) is 6.11. The molecule has 0 amide bonds. The lowest BCUT2D eigenvalue weighted by Crippen LogP contribution is -2.42. The Bertz CT molecular complexity index is 303. The maximum absolute atomic E-state index is 12.2. The van der Waals surface area contributed by atoms with Crippen molar-refractivity contribution in [1.29, 1.82) is 0 Å². The van der Waals surface area contributed by atoms with E-state index in [2.05, 4.69) is 0 Å². The summed E-state index contributed by atoms with van der Waals surface area (Å²) >= 11 is 0. The van der Waals surface area contributed by atoms with Crippen molar-refractivity contribution in [1.82, 2.24) is 0 Å². The van der Waals surface area contributed by atoms with E-state index in [0.29, 0.717) is 6.61 Å². The second-order valence-electron chi connectivity index (χ2n) is 6.11. The third-order valence-electron chi connectivity index (χ3n) is 4.77. The van der Waals surface area contributed by atoms with Gasteiger partial charge in [0.2, 0.25) is 0 Å². The first-order valence-corrected chi connectivity index (χ1v) is 7.06. The monoisotopic (exact) mass is 238 g/mol. The fraction of sp³-hybridized carbons (Fsp3) is 0.929. The molecule has 2 saturated carbocycles. The minimum atomic E-state index is -0.684. The lowest BCUT2D eigenvalue weighted by Gasteiger charge is -2.38. The van der Waals surface area contributed by atoms with Gasteiger partial charge in [0, 0.05) is 12.5 Å². The lowest BCUT2D eigenvalue weighted by atomic mass is 9.80. The van der Waals surface area contributed by atoms with Gasteiger partial charge >= 0.3 is 0 Å². The SMILES string of the molecule is O=C(C1CCOC2(CCCC2)C1)C(O)C1CC1. The largest absolute Gasteiger partial charge is 0.385 e. The summed E-state index contributed by atoms with van der Waals surface area (Å²) in [5.41, 5.74) is -0.0121. The molecule has 0 aromatic carbocycles. The first kappa shape index (κ1) is 11.7. The van der Waals surface area contributed by atoms with Crippen LogP contribution in [0.25, 0.3) is 0 Å². The molecule has 1 saturated heterocycles. The zero-order chi connectivity index (χ0) is 11.9. The van der Waals surface area contributed by atoms with Crippen LogP contribution in [-0.4, -0.2) is 29.2 Å². The second kappa shape index (κ2) is 4.36. The summed E-state index contributed by atoms with van der Waals surface area (Å²) in [5.74, 6) is 0.421. The van der Waals surface area contributed by atoms with Crippen molar-refractivity contribution in [2.45, 2.75) is 63.1 Å². The van der Waals surface area contributed by atoms with E-state index in [1.807, 2.05) is 0 Å². The number of rotatable bonds is 3. The third kappa shape index (κ3) is 2.27. The first-order chi connectivity index (χ1) is 8.20. The van der Waals surface area contributed by atoms with Gasteiger partial charge in [-0.1, -0.05) is 12.8 Å². The Balaban J connectivity index is 1.64. The number of carbonyl (C=O) groups is 1. The van der Waals surface area contributed by atoms with Crippen LogP contribution in [0.5, 0.6) is 0 Å². The van der Waals surface area contributed by atoms with E-state index in [4.69, 9.17) is 4.74 Å². The summed E-state index contributed by atoms with van der Waals surface area (Å²) in [6, 6.07) is 0. The molecule has 1 N–H and O–H groups in total. The van der Waals surface area contributed by atoms with Crippen molar-refractivity contribution in [2.24, 2.45) is 11.8 Å². The van der Waals surface area contributed by atoms with Gasteiger partial charge in [0.25, 0.3) is 0 Å². The zero-order valence-electron chi connectivity index (χ0n) is 10.4. The van der Waals surface area contributed by atoms with Crippen molar-refractivity contribution >= 4 is 5.78 Å². The van der Waals surface area contributed by atoms with Gasteiger partial charge in [0.1, 0.15) is 6.10 Å². The van der Waals surface area contributed by atoms with E-state index >= 15 is 0 Å². The van der Waals surface area contributed by atoms with E-state index in [0.717, 1.165) is 38.5 Å². The van der Waals surface area contributed by atoms with E-state index in [9.17, 15) is 9.90 Å². The Hall–Kier alpha value is -0.410. The molecule has 1 spiro atoms. The average molecular weight is 238 g/mol. The Morgan fingerprint density at radius 1 is 1.24 bits per heavy atom. The van der Waals surface area contributed by atoms with Crippen molar-refractivity contribution in [2.75, 3.05) is 6.61 Å². The number of Topliss-reactive ketones (excluding diaryl/α,β-unsaturated/α-hetero) is 1. The van der Waals surface area contributed by atoms with Crippen LogP contribution < -0.4 is 0 Å². The Morgan fingerprint density at radius 2 is 1.94 bits per heavy atom. The van der Waals surface area contributed by atoms with Gasteiger partial charge in [-0.2, -0.15) is 0 Å². The van der Waals surface area contributed by atoms with Crippen molar-refractivity contribution in [3.63, 3.8) is 0 Å². The summed E-state index contributed by atoms with van der Waals surface area (Å²) < 4.78 is 5.93. The quantitative estimate of drug-likeness (QED) is 0.818. The summed E-state index contributed by atoms with van der Waals surface area (Å²) in [4.78, 5) is 12.2. The molecule has 2 unspecified atom stereocenters. The highest BCUT2D eigenvalue weighted by atomic mass is 16.5. The van der Waals surface area contributed by atoms with Crippen LogP contribution in [-0.2, 0) is 9.53 Å². The fourth-order valence-electron chi connectivity index (χ4n) is 3.52. The van der Waals surface area contributed by atoms with Crippen molar-refractivity contribution in [3.05, 3.63) is 0 Å². The number of aliphatic hydroxyl groups excluding tert-OH is 1. The Morgan fingerprint density at radius 3 is 2.59 bits per heavy atom. The molecular weight excluding hydrogens is 216 g/mol. The lowest BCUT2D eigenvalue weighted by molar-refractivity contribution is -0.144. The molecule has 17 heavy (non-hydrogen) atoms. The van der Waals surface area contributed by atoms with Crippen LogP contribution in [0.1, 0.15) is 51.4 Å². The van der Waals surface area contributed by atoms with Gasteiger partial charge in [-0.25, -0.2) is 0 Å². The molecule has 3 rings (SSSR count). The Kier molecular flexibility index (Phi) is 2.99. The van der Waals surface area contributed by atoms with Gasteiger partial charge in [0.05, 0.1) is 5.60 Å². The number of ketones is 1. The minimum Gasteiger partial charge on any atom is -0.385 e. The molecule has 2 aliphatic carbocycles. The van der Waals surface area contributed by atoms with Crippen molar-refractivity contribution < 1.29 is 14.6 Å². The predicted molar refractivity (Wildman–Crippen MR) is 63.6 cm³/mol. The van der Waals surface area contributed by atoms with E-state index < -0.39 is 6.10 Å². The highest BCUT2D eigenvalue weighted by Crippen LogP contribution is 2.43. The molecule has 3 fully saturated rings. The van der Waals surface area contributed by atoms with Gasteiger partial charge < -0.3 is 9.84 Å². The third-order valence-corrected chi connectivity index (χ3v) is 4.77. The molecule has 0 bridgehead atoms.